The van der Waals surface area contributed by atoms with Crippen molar-refractivity contribution in [1.29, 1.82) is 0 Å². The Labute approximate surface area is 178 Å². The van der Waals surface area contributed by atoms with Gasteiger partial charge in [0.05, 0.1) is 16.9 Å². The smallest absolute Gasteiger partial charge is 0.187 e. The largest absolute Gasteiger partial charge is 0.397 e. The maximum Gasteiger partial charge on any atom is 0.187 e. The van der Waals surface area contributed by atoms with Gasteiger partial charge in [-0.3, -0.25) is 9.78 Å². The maximum absolute atomic E-state index is 14.2. The van der Waals surface area contributed by atoms with Crippen LogP contribution in [0.5, 0.6) is 0 Å². The molecule has 31 heavy (non-hydrogen) atoms. The maximum atomic E-state index is 14.2. The Morgan fingerprint density at radius 1 is 1.16 bits per heavy atom. The molecule has 0 unspecified atom stereocenters. The lowest BCUT2D eigenvalue weighted by molar-refractivity contribution is 0.0989. The summed E-state index contributed by atoms with van der Waals surface area (Å²) in [5.41, 5.74) is 13.6. The van der Waals surface area contributed by atoms with Crippen LogP contribution in [0.1, 0.15) is 28.9 Å². The summed E-state index contributed by atoms with van der Waals surface area (Å²) in [6.45, 7) is 1.55. The zero-order valence-electron chi connectivity index (χ0n) is 16.9. The summed E-state index contributed by atoms with van der Waals surface area (Å²) in [7, 11) is 0. The Morgan fingerprint density at radius 3 is 2.68 bits per heavy atom. The number of aromatic nitrogens is 2. The number of piperidine rings is 1. The van der Waals surface area contributed by atoms with Crippen molar-refractivity contribution in [1.82, 2.24) is 9.97 Å². The number of Topliss-reactive ketones (excluding diaryl/α,β-unsaturated/α-hetero) is 1. The van der Waals surface area contributed by atoms with Crippen molar-refractivity contribution >= 4 is 17.2 Å². The minimum atomic E-state index is -0.758. The van der Waals surface area contributed by atoms with E-state index in [9.17, 15) is 13.6 Å². The van der Waals surface area contributed by atoms with Crippen LogP contribution in [0.2, 0.25) is 0 Å². The van der Waals surface area contributed by atoms with Gasteiger partial charge in [0.25, 0.3) is 0 Å². The average molecular weight is 423 g/mol. The third kappa shape index (κ3) is 4.39. The first-order valence-corrected chi connectivity index (χ1v) is 10.1. The van der Waals surface area contributed by atoms with Crippen molar-refractivity contribution in [3.63, 3.8) is 0 Å². The van der Waals surface area contributed by atoms with E-state index in [-0.39, 0.29) is 40.9 Å². The van der Waals surface area contributed by atoms with E-state index in [2.05, 4.69) is 14.9 Å². The van der Waals surface area contributed by atoms with Crippen LogP contribution in [0, 0.1) is 11.6 Å². The molecule has 0 bridgehead atoms. The number of halogens is 2. The summed E-state index contributed by atoms with van der Waals surface area (Å²) in [4.78, 5) is 23.6. The highest BCUT2D eigenvalue weighted by Gasteiger charge is 2.22. The van der Waals surface area contributed by atoms with Crippen LogP contribution in [0.4, 0.5) is 20.2 Å². The molecule has 4 rings (SSSR count). The first-order chi connectivity index (χ1) is 14.9. The molecule has 1 saturated heterocycles. The van der Waals surface area contributed by atoms with Crippen molar-refractivity contribution in [3.8, 4) is 11.3 Å². The molecule has 3 heterocycles. The number of pyridine rings is 2. The fourth-order valence-electron chi connectivity index (χ4n) is 3.93. The summed E-state index contributed by atoms with van der Waals surface area (Å²) in [5, 5.41) is 0. The van der Waals surface area contributed by atoms with Crippen molar-refractivity contribution in [2.24, 2.45) is 5.73 Å². The highest BCUT2D eigenvalue weighted by atomic mass is 19.1. The van der Waals surface area contributed by atoms with Gasteiger partial charge in [-0.15, -0.1) is 0 Å². The molecule has 1 atom stereocenters. The second kappa shape index (κ2) is 8.77. The van der Waals surface area contributed by atoms with Gasteiger partial charge in [0.1, 0.15) is 17.3 Å². The second-order valence-electron chi connectivity index (χ2n) is 7.68. The first-order valence-electron chi connectivity index (χ1n) is 10.1. The minimum absolute atomic E-state index is 0.00924. The average Bonchev–Trinajstić information content (AvgIpc) is 2.75. The van der Waals surface area contributed by atoms with Gasteiger partial charge in [0.2, 0.25) is 0 Å². The number of nitrogen functional groups attached to an aromatic ring is 1. The highest BCUT2D eigenvalue weighted by molar-refractivity contribution is 6.01. The van der Waals surface area contributed by atoms with Gasteiger partial charge in [0.15, 0.2) is 5.78 Å². The number of hydrogen-bond donors (Lipinski definition) is 2. The molecule has 8 heteroatoms. The molecule has 0 spiro atoms. The second-order valence-corrected chi connectivity index (χ2v) is 7.68. The molecule has 4 N–H and O–H groups in total. The molecular formula is C23H23F2N5O. The Kier molecular flexibility index (Phi) is 5.90. The number of nitrogens with zero attached hydrogens (tertiary/aromatic N) is 3. The lowest BCUT2D eigenvalue weighted by atomic mass is 10.0. The molecule has 0 aliphatic carbocycles. The predicted octanol–water partition coefficient (Wildman–Crippen LogP) is 3.36. The molecule has 1 aliphatic rings. The normalized spacial score (nSPS) is 16.4. The molecule has 6 nitrogen and oxygen atoms in total. The SMILES string of the molecule is Nc1ccc(-c2c(F)cccc2F)nc1C(=O)Cc1cnccc1N1CCC[C@@H](N)C1. The highest BCUT2D eigenvalue weighted by Crippen LogP contribution is 2.28. The molecule has 0 saturated carbocycles. The van der Waals surface area contributed by atoms with Crippen LogP contribution in [0.25, 0.3) is 11.3 Å². The lowest BCUT2D eigenvalue weighted by Crippen LogP contribution is -2.43. The predicted molar refractivity (Wildman–Crippen MR) is 116 cm³/mol. The molecule has 1 aromatic carbocycles. The molecular weight excluding hydrogens is 400 g/mol. The number of hydrogen-bond acceptors (Lipinski definition) is 6. The van der Waals surface area contributed by atoms with E-state index in [4.69, 9.17) is 11.5 Å². The fraction of sp³-hybridized carbons (Fsp3) is 0.261. The van der Waals surface area contributed by atoms with E-state index in [1.807, 2.05) is 6.07 Å². The number of nitrogens with two attached hydrogens (primary N) is 2. The van der Waals surface area contributed by atoms with Gasteiger partial charge in [0, 0.05) is 49.2 Å². The van der Waals surface area contributed by atoms with E-state index in [0.717, 1.165) is 42.8 Å². The summed E-state index contributed by atoms with van der Waals surface area (Å²) >= 11 is 0. The monoisotopic (exact) mass is 423 g/mol. The lowest BCUT2D eigenvalue weighted by Gasteiger charge is -2.33. The van der Waals surface area contributed by atoms with Crippen LogP contribution >= 0.6 is 0 Å². The van der Waals surface area contributed by atoms with E-state index < -0.39 is 11.6 Å². The van der Waals surface area contributed by atoms with E-state index >= 15 is 0 Å². The fourth-order valence-corrected chi connectivity index (χ4v) is 3.93. The van der Waals surface area contributed by atoms with Gasteiger partial charge in [-0.2, -0.15) is 0 Å². The summed E-state index contributed by atoms with van der Waals surface area (Å²) in [6.07, 6.45) is 5.27. The Hall–Kier alpha value is -3.39. The van der Waals surface area contributed by atoms with Gasteiger partial charge in [-0.05, 0) is 43.2 Å². The molecule has 1 aliphatic heterocycles. The Balaban J connectivity index is 1.65. The zero-order valence-corrected chi connectivity index (χ0v) is 16.9. The van der Waals surface area contributed by atoms with Crippen LogP contribution in [0.15, 0.2) is 48.8 Å². The Bertz CT molecular complexity index is 1100. The molecule has 1 fully saturated rings. The van der Waals surface area contributed by atoms with Crippen LogP contribution < -0.4 is 16.4 Å². The molecule has 0 radical (unpaired) electrons. The van der Waals surface area contributed by atoms with Crippen LogP contribution in [0.3, 0.4) is 0 Å². The van der Waals surface area contributed by atoms with Crippen LogP contribution in [-0.4, -0.2) is 34.9 Å². The molecule has 160 valence electrons. The number of rotatable bonds is 5. The summed E-state index contributed by atoms with van der Waals surface area (Å²) in [5.74, 6) is -1.87. The van der Waals surface area contributed by atoms with Gasteiger partial charge >= 0.3 is 0 Å². The number of carbonyl (C=O) groups is 1. The number of ketones is 1. The third-order valence-corrected chi connectivity index (χ3v) is 5.44. The number of carbonyl (C=O) groups excluding carboxylic acids is 1. The molecule has 2 aromatic heterocycles. The van der Waals surface area contributed by atoms with E-state index in [1.165, 1.54) is 18.2 Å². The van der Waals surface area contributed by atoms with Gasteiger partial charge in [-0.1, -0.05) is 6.07 Å². The molecule has 3 aromatic rings. The zero-order chi connectivity index (χ0) is 22.0. The minimum Gasteiger partial charge on any atom is -0.397 e. The van der Waals surface area contributed by atoms with E-state index in [0.29, 0.717) is 6.54 Å². The summed E-state index contributed by atoms with van der Waals surface area (Å²) in [6, 6.07) is 8.34. The van der Waals surface area contributed by atoms with Crippen molar-refractivity contribution in [2.75, 3.05) is 23.7 Å². The van der Waals surface area contributed by atoms with Crippen LogP contribution in [-0.2, 0) is 6.42 Å². The standard InChI is InChI=1S/C23H23F2N5O/c24-16-4-1-5-17(25)22(16)19-7-6-18(27)23(29-19)21(31)11-14-12-28-9-8-20(14)30-10-2-3-15(26)13-30/h1,4-9,12,15H,2-3,10-11,13,26-27H2/t15-/m1/s1. The first kappa shape index (κ1) is 20.9. The van der Waals surface area contributed by atoms with Crippen molar-refractivity contribution < 1.29 is 13.6 Å². The number of anilines is 2. The Morgan fingerprint density at radius 2 is 1.94 bits per heavy atom. The van der Waals surface area contributed by atoms with Crippen molar-refractivity contribution in [3.05, 3.63) is 71.7 Å². The quantitative estimate of drug-likeness (QED) is 0.611. The van der Waals surface area contributed by atoms with Gasteiger partial charge in [-0.25, -0.2) is 13.8 Å². The van der Waals surface area contributed by atoms with Gasteiger partial charge < -0.3 is 16.4 Å². The topological polar surface area (TPSA) is 98.1 Å². The number of benzene rings is 1. The third-order valence-electron chi connectivity index (χ3n) is 5.44. The summed E-state index contributed by atoms with van der Waals surface area (Å²) < 4.78 is 28.4. The molecule has 0 amide bonds. The van der Waals surface area contributed by atoms with Crippen molar-refractivity contribution in [2.45, 2.75) is 25.3 Å². The van der Waals surface area contributed by atoms with E-state index in [1.54, 1.807) is 12.4 Å².